The van der Waals surface area contributed by atoms with Gasteiger partial charge in [0.25, 0.3) is 0 Å². The maximum Gasteiger partial charge on any atom is 0.302 e. The standard InChI is InChI=1S/C40H68O15/c1-18(2)25(53-36-32(48)33(27(16-41)54-36)55-37-34(50-7)31(47)24(45)17-51-37)9-8-19(3)21-14-26(52-20(4)42)35-38(21,5)13-11-28-39(6)12-10-22(43)30(46)29(39)23(44)15-40(28,35)49/h18-19,21-37,41,43-49H,8-17H2,1-7H3/t19-,21-,22+,23-,24-,25-,26+,27+,28-,29+,30+,31+,32-,33+,34-,35-,36-,37+,38-,39-,40+/m1/s1. The van der Waals surface area contributed by atoms with E-state index in [1.165, 1.54) is 14.0 Å². The highest BCUT2D eigenvalue weighted by atomic mass is 16.8. The van der Waals surface area contributed by atoms with Gasteiger partial charge in [-0.3, -0.25) is 4.79 Å². The molecule has 55 heavy (non-hydrogen) atoms. The summed E-state index contributed by atoms with van der Waals surface area (Å²) in [7, 11) is 1.34. The number of hydrogen-bond donors (Lipinski definition) is 8. The second kappa shape index (κ2) is 16.5. The molecule has 318 valence electrons. The average molecular weight is 789 g/mol. The lowest BCUT2D eigenvalue weighted by atomic mass is 9.41. The smallest absolute Gasteiger partial charge is 0.302 e. The third-order valence-corrected chi connectivity index (χ3v) is 15.2. The molecule has 2 heterocycles. The van der Waals surface area contributed by atoms with E-state index in [-0.39, 0.29) is 42.8 Å². The molecule has 21 atom stereocenters. The van der Waals surface area contributed by atoms with Crippen molar-refractivity contribution in [2.75, 3.05) is 20.3 Å². The van der Waals surface area contributed by atoms with Crippen LogP contribution in [0.25, 0.3) is 0 Å². The van der Waals surface area contributed by atoms with Crippen molar-refractivity contribution in [1.82, 2.24) is 0 Å². The fourth-order valence-electron chi connectivity index (χ4n) is 12.6. The second-order valence-electron chi connectivity index (χ2n) is 18.7. The molecule has 4 saturated carbocycles. The van der Waals surface area contributed by atoms with Crippen LogP contribution in [0.5, 0.6) is 0 Å². The maximum absolute atomic E-state index is 12.9. The number of carbonyl (C=O) groups is 1. The van der Waals surface area contributed by atoms with Crippen molar-refractivity contribution in [3.8, 4) is 0 Å². The highest BCUT2D eigenvalue weighted by Crippen LogP contribution is 2.70. The topological polar surface area (TPSA) is 234 Å². The second-order valence-corrected chi connectivity index (χ2v) is 18.7. The summed E-state index contributed by atoms with van der Waals surface area (Å²) in [5.41, 5.74) is -2.38. The largest absolute Gasteiger partial charge is 0.462 e. The van der Waals surface area contributed by atoms with Crippen LogP contribution in [0.15, 0.2) is 0 Å². The first-order valence-corrected chi connectivity index (χ1v) is 20.5. The first kappa shape index (κ1) is 43.5. The monoisotopic (exact) mass is 788 g/mol. The van der Waals surface area contributed by atoms with Crippen LogP contribution in [0.2, 0.25) is 0 Å². The minimum Gasteiger partial charge on any atom is -0.462 e. The maximum atomic E-state index is 12.9. The molecule has 15 nitrogen and oxygen atoms in total. The molecule has 0 amide bonds. The van der Waals surface area contributed by atoms with Gasteiger partial charge in [-0.2, -0.15) is 0 Å². The van der Waals surface area contributed by atoms with Crippen molar-refractivity contribution < 1.29 is 74.1 Å². The van der Waals surface area contributed by atoms with Crippen LogP contribution < -0.4 is 0 Å². The fourth-order valence-corrected chi connectivity index (χ4v) is 12.6. The number of aliphatic hydroxyl groups is 8. The van der Waals surface area contributed by atoms with Crippen LogP contribution >= 0.6 is 0 Å². The first-order valence-electron chi connectivity index (χ1n) is 20.5. The Morgan fingerprint density at radius 1 is 0.873 bits per heavy atom. The molecule has 0 spiro atoms. The number of methoxy groups -OCH3 is 1. The van der Waals surface area contributed by atoms with E-state index in [0.29, 0.717) is 32.1 Å². The molecule has 0 aromatic heterocycles. The fraction of sp³-hybridized carbons (Fsp3) is 0.975. The van der Waals surface area contributed by atoms with Crippen molar-refractivity contribution in [2.24, 2.45) is 46.3 Å². The molecule has 0 aromatic carbocycles. The van der Waals surface area contributed by atoms with Gasteiger partial charge in [-0.25, -0.2) is 0 Å². The van der Waals surface area contributed by atoms with Gasteiger partial charge in [-0.05, 0) is 79.4 Å². The van der Waals surface area contributed by atoms with Crippen molar-refractivity contribution in [3.63, 3.8) is 0 Å². The highest BCUT2D eigenvalue weighted by Gasteiger charge is 2.72. The minimum absolute atomic E-state index is 0.0189. The molecule has 0 unspecified atom stereocenters. The third kappa shape index (κ3) is 7.66. The number of carbonyl (C=O) groups excluding carboxylic acids is 1. The minimum atomic E-state index is -1.35. The van der Waals surface area contributed by atoms with E-state index in [4.69, 9.17) is 28.4 Å². The number of esters is 1. The molecule has 0 aromatic rings. The van der Waals surface area contributed by atoms with Crippen molar-refractivity contribution in [3.05, 3.63) is 0 Å². The van der Waals surface area contributed by atoms with Gasteiger partial charge in [-0.1, -0.05) is 34.6 Å². The molecule has 6 fully saturated rings. The Bertz CT molecular complexity index is 1320. The van der Waals surface area contributed by atoms with E-state index in [0.717, 1.165) is 12.8 Å². The zero-order chi connectivity index (χ0) is 40.4. The van der Waals surface area contributed by atoms with Crippen molar-refractivity contribution in [1.29, 1.82) is 0 Å². The molecule has 15 heteroatoms. The first-order chi connectivity index (χ1) is 25.8. The van der Waals surface area contributed by atoms with Crippen LogP contribution in [0.4, 0.5) is 0 Å². The van der Waals surface area contributed by atoms with E-state index in [2.05, 4.69) is 13.8 Å². The number of rotatable bonds is 12. The van der Waals surface area contributed by atoms with E-state index in [1.807, 2.05) is 20.8 Å². The molecule has 2 aliphatic heterocycles. The molecule has 0 radical (unpaired) electrons. The van der Waals surface area contributed by atoms with E-state index < -0.39 is 114 Å². The molecule has 8 N–H and O–H groups in total. The Morgan fingerprint density at radius 3 is 2.20 bits per heavy atom. The Labute approximate surface area is 324 Å². The van der Waals surface area contributed by atoms with E-state index >= 15 is 0 Å². The Kier molecular flexibility index (Phi) is 13.1. The van der Waals surface area contributed by atoms with Crippen LogP contribution in [-0.2, 0) is 33.2 Å². The Balaban J connectivity index is 1.15. The SMILES string of the molecule is CO[C@H]1[C@H](O[C@@H]2[C@@H](O)[C@H](O[C@H](CC[C@@H](C)[C@H]3C[C@H](OC(C)=O)[C@@H]4[C@]3(C)CC[C@@H]3[C@@]5(C)CC[C@H](O)[C@H](O)[C@@H]5[C@H](O)C[C@]34O)C(C)C)O[C@H]2CO)OC[C@@H](O)[C@@H]1O. The Morgan fingerprint density at radius 2 is 1.56 bits per heavy atom. The van der Waals surface area contributed by atoms with Gasteiger partial charge in [-0.15, -0.1) is 0 Å². The van der Waals surface area contributed by atoms with Gasteiger partial charge < -0.3 is 69.3 Å². The molecule has 6 aliphatic rings. The molecule has 6 rings (SSSR count). The van der Waals surface area contributed by atoms with Crippen LogP contribution in [0.1, 0.15) is 92.9 Å². The zero-order valence-corrected chi connectivity index (χ0v) is 33.5. The quantitative estimate of drug-likeness (QED) is 0.127. The van der Waals surface area contributed by atoms with Gasteiger partial charge in [0.2, 0.25) is 0 Å². The summed E-state index contributed by atoms with van der Waals surface area (Å²) in [6.45, 7) is 11.1. The van der Waals surface area contributed by atoms with Crippen LogP contribution in [0.3, 0.4) is 0 Å². The zero-order valence-electron chi connectivity index (χ0n) is 33.5. The summed E-state index contributed by atoms with van der Waals surface area (Å²) in [5, 5.41) is 88.0. The lowest BCUT2D eigenvalue weighted by molar-refractivity contribution is -0.296. The summed E-state index contributed by atoms with van der Waals surface area (Å²) in [6, 6.07) is 0. The normalized spacial score (nSPS) is 50.9. The number of ether oxygens (including phenoxy) is 6. The molecule has 0 bridgehead atoms. The van der Waals surface area contributed by atoms with Crippen LogP contribution in [0, 0.1) is 46.3 Å². The van der Waals surface area contributed by atoms with Gasteiger partial charge in [0.05, 0.1) is 43.2 Å². The van der Waals surface area contributed by atoms with Gasteiger partial charge in [0, 0.05) is 32.3 Å². The summed E-state index contributed by atoms with van der Waals surface area (Å²) in [6.07, 6.45) is -8.70. The van der Waals surface area contributed by atoms with Crippen LogP contribution in [-0.4, -0.2) is 152 Å². The van der Waals surface area contributed by atoms with E-state index in [9.17, 15) is 45.6 Å². The highest BCUT2D eigenvalue weighted by molar-refractivity contribution is 5.66. The summed E-state index contributed by atoms with van der Waals surface area (Å²) >= 11 is 0. The number of hydrogen-bond acceptors (Lipinski definition) is 15. The Hall–Kier alpha value is -1.05. The van der Waals surface area contributed by atoms with Crippen molar-refractivity contribution >= 4 is 5.97 Å². The van der Waals surface area contributed by atoms with Crippen molar-refractivity contribution in [2.45, 2.75) is 178 Å². The molecule has 4 aliphatic carbocycles. The van der Waals surface area contributed by atoms with Gasteiger partial charge in [0.1, 0.15) is 42.7 Å². The molecular weight excluding hydrogens is 720 g/mol. The predicted molar refractivity (Wildman–Crippen MR) is 194 cm³/mol. The summed E-state index contributed by atoms with van der Waals surface area (Å²) in [5.74, 6) is -1.49. The average Bonchev–Trinajstić information content (AvgIpc) is 3.58. The summed E-state index contributed by atoms with van der Waals surface area (Å²) < 4.78 is 35.3. The lowest BCUT2D eigenvalue weighted by Crippen LogP contribution is -2.71. The number of fused-ring (bicyclic) bond motifs is 5. The lowest BCUT2D eigenvalue weighted by Gasteiger charge is -2.66. The van der Waals surface area contributed by atoms with E-state index in [1.54, 1.807) is 0 Å². The summed E-state index contributed by atoms with van der Waals surface area (Å²) in [4.78, 5) is 12.6. The number of aliphatic hydroxyl groups excluding tert-OH is 7. The van der Waals surface area contributed by atoms with Gasteiger partial charge in [0.15, 0.2) is 12.6 Å². The molecule has 2 saturated heterocycles. The molecular formula is C40H68O15. The third-order valence-electron chi connectivity index (χ3n) is 15.2. The van der Waals surface area contributed by atoms with Gasteiger partial charge >= 0.3 is 5.97 Å². The predicted octanol–water partition coefficient (Wildman–Crippen LogP) is 0.618.